The summed E-state index contributed by atoms with van der Waals surface area (Å²) in [5, 5.41) is 3.01. The van der Waals surface area contributed by atoms with Gasteiger partial charge in [0.25, 0.3) is 0 Å². The van der Waals surface area contributed by atoms with Gasteiger partial charge in [0.15, 0.2) is 0 Å². The molecule has 5 heteroatoms. The molecule has 4 nitrogen and oxygen atoms in total. The quantitative estimate of drug-likeness (QED) is 0.860. The number of nitrogens with one attached hydrogen (secondary N) is 1. The number of hydrogen-bond donors (Lipinski definition) is 1. The van der Waals surface area contributed by atoms with E-state index in [1.807, 2.05) is 33.0 Å². The highest BCUT2D eigenvalue weighted by Crippen LogP contribution is 2.24. The van der Waals surface area contributed by atoms with Gasteiger partial charge >= 0.3 is 0 Å². The Bertz CT molecular complexity index is 311. The molecule has 0 aliphatic carbocycles. The van der Waals surface area contributed by atoms with Crippen LogP contribution in [0.1, 0.15) is 5.69 Å². The van der Waals surface area contributed by atoms with Crippen molar-refractivity contribution in [3.8, 4) is 0 Å². The van der Waals surface area contributed by atoms with Crippen LogP contribution < -0.4 is 10.2 Å². The number of nitrogens with zero attached hydrogens (tertiary/aromatic N) is 3. The molecule has 13 heavy (non-hydrogen) atoms. The summed E-state index contributed by atoms with van der Waals surface area (Å²) < 4.78 is 0.917. The molecular formula is C8H13BrN4. The second-order valence-corrected chi connectivity index (χ2v) is 3.71. The molecule has 0 radical (unpaired) electrons. The van der Waals surface area contributed by atoms with Gasteiger partial charge in [0.05, 0.1) is 10.2 Å². The van der Waals surface area contributed by atoms with Crippen LogP contribution in [0.3, 0.4) is 0 Å². The van der Waals surface area contributed by atoms with E-state index in [1.54, 1.807) is 0 Å². The molecule has 0 saturated carbocycles. The van der Waals surface area contributed by atoms with E-state index in [0.717, 1.165) is 16.0 Å². The summed E-state index contributed by atoms with van der Waals surface area (Å²) >= 11 is 3.42. The maximum Gasteiger partial charge on any atom is 0.227 e. The van der Waals surface area contributed by atoms with E-state index in [9.17, 15) is 0 Å². The van der Waals surface area contributed by atoms with Crippen molar-refractivity contribution in [1.82, 2.24) is 9.97 Å². The zero-order valence-electron chi connectivity index (χ0n) is 8.22. The number of aromatic nitrogens is 2. The molecule has 0 unspecified atom stereocenters. The molecule has 0 saturated heterocycles. The number of rotatable bonds is 2. The first kappa shape index (κ1) is 10.2. The first-order valence-corrected chi connectivity index (χ1v) is 4.74. The maximum atomic E-state index is 4.31. The Morgan fingerprint density at radius 2 is 1.92 bits per heavy atom. The lowest BCUT2D eigenvalue weighted by molar-refractivity contribution is 0.971. The summed E-state index contributed by atoms with van der Waals surface area (Å²) in [7, 11) is 5.68. The number of hydrogen-bond acceptors (Lipinski definition) is 4. The standard InChI is InChI=1S/C8H13BrN4/c1-5-6(9)7(10-2)12-8(11-5)13(3)4/h1-4H3,(H,10,11,12). The van der Waals surface area contributed by atoms with Gasteiger partial charge in [0.1, 0.15) is 5.82 Å². The third-order valence-electron chi connectivity index (χ3n) is 1.64. The van der Waals surface area contributed by atoms with Crippen molar-refractivity contribution in [3.05, 3.63) is 10.2 Å². The highest BCUT2D eigenvalue weighted by Gasteiger charge is 2.08. The molecule has 0 aromatic carbocycles. The molecule has 0 atom stereocenters. The Kier molecular flexibility index (Phi) is 3.08. The summed E-state index contributed by atoms with van der Waals surface area (Å²) in [6.45, 7) is 1.94. The highest BCUT2D eigenvalue weighted by atomic mass is 79.9. The van der Waals surface area contributed by atoms with Crippen LogP contribution >= 0.6 is 15.9 Å². The van der Waals surface area contributed by atoms with Gasteiger partial charge < -0.3 is 10.2 Å². The summed E-state index contributed by atoms with van der Waals surface area (Å²) in [5.74, 6) is 1.53. The van der Waals surface area contributed by atoms with Crippen LogP contribution in [-0.4, -0.2) is 31.1 Å². The minimum atomic E-state index is 0.713. The van der Waals surface area contributed by atoms with Gasteiger partial charge in [-0.1, -0.05) is 0 Å². The van der Waals surface area contributed by atoms with Gasteiger partial charge in [-0.15, -0.1) is 0 Å². The lowest BCUT2D eigenvalue weighted by Crippen LogP contribution is -2.14. The molecular weight excluding hydrogens is 232 g/mol. The Morgan fingerprint density at radius 3 is 2.38 bits per heavy atom. The van der Waals surface area contributed by atoms with Crippen LogP contribution in [0.5, 0.6) is 0 Å². The van der Waals surface area contributed by atoms with Crippen molar-refractivity contribution in [2.45, 2.75) is 6.92 Å². The monoisotopic (exact) mass is 244 g/mol. The van der Waals surface area contributed by atoms with Crippen molar-refractivity contribution in [2.75, 3.05) is 31.4 Å². The molecule has 1 aromatic heterocycles. The van der Waals surface area contributed by atoms with E-state index in [1.165, 1.54) is 0 Å². The van der Waals surface area contributed by atoms with Gasteiger partial charge in [-0.2, -0.15) is 4.98 Å². The molecule has 1 N–H and O–H groups in total. The Balaban J connectivity index is 3.22. The van der Waals surface area contributed by atoms with Crippen molar-refractivity contribution in [3.63, 3.8) is 0 Å². The fraction of sp³-hybridized carbons (Fsp3) is 0.500. The van der Waals surface area contributed by atoms with Crippen LogP contribution in [-0.2, 0) is 0 Å². The van der Waals surface area contributed by atoms with Gasteiger partial charge in [-0.3, -0.25) is 0 Å². The zero-order valence-corrected chi connectivity index (χ0v) is 9.81. The van der Waals surface area contributed by atoms with Crippen LogP contribution in [0, 0.1) is 6.92 Å². The van der Waals surface area contributed by atoms with Crippen molar-refractivity contribution in [2.24, 2.45) is 0 Å². The van der Waals surface area contributed by atoms with E-state index < -0.39 is 0 Å². The minimum Gasteiger partial charge on any atom is -0.372 e. The Labute approximate surface area is 86.5 Å². The van der Waals surface area contributed by atoms with E-state index in [4.69, 9.17) is 0 Å². The maximum absolute atomic E-state index is 4.31. The molecule has 0 spiro atoms. The van der Waals surface area contributed by atoms with Crippen molar-refractivity contribution >= 4 is 27.7 Å². The minimum absolute atomic E-state index is 0.713. The Morgan fingerprint density at radius 1 is 1.31 bits per heavy atom. The topological polar surface area (TPSA) is 41.1 Å². The van der Waals surface area contributed by atoms with Gasteiger partial charge in [-0.25, -0.2) is 4.98 Å². The molecule has 1 aromatic rings. The SMILES string of the molecule is CNc1nc(N(C)C)nc(C)c1Br. The van der Waals surface area contributed by atoms with Gasteiger partial charge in [0, 0.05) is 21.1 Å². The molecule has 1 heterocycles. The summed E-state index contributed by atoms with van der Waals surface area (Å²) in [5.41, 5.74) is 0.933. The number of anilines is 2. The summed E-state index contributed by atoms with van der Waals surface area (Å²) in [6, 6.07) is 0. The fourth-order valence-electron chi connectivity index (χ4n) is 0.910. The predicted octanol–water partition coefficient (Wildman–Crippen LogP) is 1.66. The normalized spacial score (nSPS) is 9.92. The average molecular weight is 245 g/mol. The lowest BCUT2D eigenvalue weighted by atomic mass is 10.4. The third-order valence-corrected chi connectivity index (χ3v) is 2.59. The van der Waals surface area contributed by atoms with E-state index in [2.05, 4.69) is 31.2 Å². The van der Waals surface area contributed by atoms with Crippen LogP contribution in [0.25, 0.3) is 0 Å². The number of halogens is 1. The molecule has 1 rings (SSSR count). The molecule has 0 amide bonds. The van der Waals surface area contributed by atoms with E-state index >= 15 is 0 Å². The second-order valence-electron chi connectivity index (χ2n) is 2.92. The van der Waals surface area contributed by atoms with Crippen molar-refractivity contribution < 1.29 is 0 Å². The van der Waals surface area contributed by atoms with Gasteiger partial charge in [-0.05, 0) is 22.9 Å². The summed E-state index contributed by atoms with van der Waals surface area (Å²) in [6.07, 6.45) is 0. The molecule has 0 aliphatic rings. The van der Waals surface area contributed by atoms with E-state index in [-0.39, 0.29) is 0 Å². The molecule has 0 aliphatic heterocycles. The fourth-order valence-corrected chi connectivity index (χ4v) is 1.29. The van der Waals surface area contributed by atoms with Crippen LogP contribution in [0.15, 0.2) is 4.47 Å². The van der Waals surface area contributed by atoms with Crippen LogP contribution in [0.4, 0.5) is 11.8 Å². The van der Waals surface area contributed by atoms with Gasteiger partial charge in [0.2, 0.25) is 5.95 Å². The second kappa shape index (κ2) is 3.91. The number of aryl methyl sites for hydroxylation is 1. The molecule has 72 valence electrons. The summed E-state index contributed by atoms with van der Waals surface area (Å²) in [4.78, 5) is 10.5. The first-order chi connectivity index (χ1) is 6.06. The molecule has 0 bridgehead atoms. The Hall–Kier alpha value is -0.840. The predicted molar refractivity (Wildman–Crippen MR) is 58.3 cm³/mol. The highest BCUT2D eigenvalue weighted by molar-refractivity contribution is 9.10. The average Bonchev–Trinajstić information content (AvgIpc) is 2.09. The zero-order chi connectivity index (χ0) is 10.0. The lowest BCUT2D eigenvalue weighted by Gasteiger charge is -2.13. The third kappa shape index (κ3) is 2.09. The van der Waals surface area contributed by atoms with Crippen molar-refractivity contribution in [1.29, 1.82) is 0 Å². The first-order valence-electron chi connectivity index (χ1n) is 3.95. The largest absolute Gasteiger partial charge is 0.372 e. The van der Waals surface area contributed by atoms with E-state index in [0.29, 0.717) is 5.95 Å². The van der Waals surface area contributed by atoms with Crippen LogP contribution in [0.2, 0.25) is 0 Å². The molecule has 0 fully saturated rings. The smallest absolute Gasteiger partial charge is 0.227 e.